The molecule has 0 aliphatic heterocycles. The second-order valence-electron chi connectivity index (χ2n) is 6.88. The van der Waals surface area contributed by atoms with Crippen molar-refractivity contribution in [3.05, 3.63) is 63.2 Å². The van der Waals surface area contributed by atoms with Gasteiger partial charge in [-0.25, -0.2) is 0 Å². The highest BCUT2D eigenvalue weighted by molar-refractivity contribution is 5.82. The van der Waals surface area contributed by atoms with Crippen molar-refractivity contribution >= 4 is 11.9 Å². The van der Waals surface area contributed by atoms with Crippen LogP contribution in [0.1, 0.15) is 56.2 Å². The summed E-state index contributed by atoms with van der Waals surface area (Å²) in [6.07, 6.45) is 6.91. The van der Waals surface area contributed by atoms with Crippen LogP contribution in [0.25, 0.3) is 11.1 Å². The molecule has 0 saturated heterocycles. The van der Waals surface area contributed by atoms with Gasteiger partial charge in [0.2, 0.25) is 0 Å². The predicted molar refractivity (Wildman–Crippen MR) is 102 cm³/mol. The number of nitro groups is 1. The Balaban J connectivity index is 2.24. The fourth-order valence-electron chi connectivity index (χ4n) is 4.40. The summed E-state index contributed by atoms with van der Waals surface area (Å²) in [4.78, 5) is 11.0. The van der Waals surface area contributed by atoms with Gasteiger partial charge in [-0.3, -0.25) is 10.1 Å². The molecule has 5 nitrogen and oxygen atoms in total. The lowest BCUT2D eigenvalue weighted by Gasteiger charge is -2.32. The zero-order valence-electron chi connectivity index (χ0n) is 15.2. The van der Waals surface area contributed by atoms with Crippen LogP contribution in [0.15, 0.2) is 41.6 Å². The number of hydrogen-bond donors (Lipinski definition) is 1. The highest BCUT2D eigenvalue weighted by Gasteiger charge is 2.42. The molecule has 0 atom stereocenters. The first-order valence-electron chi connectivity index (χ1n) is 9.07. The molecule has 135 valence electrons. The van der Waals surface area contributed by atoms with Crippen molar-refractivity contribution in [1.29, 1.82) is 0 Å². The minimum absolute atomic E-state index is 0.147. The van der Waals surface area contributed by atoms with E-state index in [1.165, 1.54) is 5.56 Å². The maximum Gasteiger partial charge on any atom is 0.269 e. The summed E-state index contributed by atoms with van der Waals surface area (Å²) in [6.45, 7) is 4.31. The first kappa shape index (κ1) is 18.1. The molecule has 3 rings (SSSR count). The Morgan fingerprint density at radius 3 is 2.27 bits per heavy atom. The molecule has 1 radical (unpaired) electrons. The van der Waals surface area contributed by atoms with Gasteiger partial charge in [0.25, 0.3) is 5.69 Å². The van der Waals surface area contributed by atoms with Crippen LogP contribution in [0.2, 0.25) is 0 Å². The van der Waals surface area contributed by atoms with Gasteiger partial charge < -0.3 is 5.21 Å². The summed E-state index contributed by atoms with van der Waals surface area (Å²) < 4.78 is 0. The van der Waals surface area contributed by atoms with Crippen molar-refractivity contribution in [2.45, 2.75) is 51.4 Å². The van der Waals surface area contributed by atoms with E-state index in [2.05, 4.69) is 37.4 Å². The van der Waals surface area contributed by atoms with E-state index < -0.39 is 0 Å². The van der Waals surface area contributed by atoms with E-state index >= 15 is 0 Å². The van der Waals surface area contributed by atoms with Crippen LogP contribution < -0.4 is 0 Å². The first-order valence-corrected chi connectivity index (χ1v) is 9.07. The van der Waals surface area contributed by atoms with Gasteiger partial charge >= 0.3 is 0 Å². The molecule has 2 aromatic carbocycles. The SMILES string of the molecule is CCCC1(CCC)c2cc(C[C]=NO)ccc2-c2ccc([N+](=O)[O-])cc21. The van der Waals surface area contributed by atoms with E-state index in [0.29, 0.717) is 6.42 Å². The van der Waals surface area contributed by atoms with Crippen LogP contribution in [0.4, 0.5) is 5.69 Å². The highest BCUT2D eigenvalue weighted by atomic mass is 16.6. The molecule has 26 heavy (non-hydrogen) atoms. The van der Waals surface area contributed by atoms with Crippen molar-refractivity contribution in [2.24, 2.45) is 5.16 Å². The molecule has 0 fully saturated rings. The third-order valence-corrected chi connectivity index (χ3v) is 5.33. The highest BCUT2D eigenvalue weighted by Crippen LogP contribution is 2.54. The summed E-state index contributed by atoms with van der Waals surface area (Å²) in [6, 6.07) is 11.5. The lowest BCUT2D eigenvalue weighted by atomic mass is 9.71. The lowest BCUT2D eigenvalue weighted by molar-refractivity contribution is -0.384. The second-order valence-corrected chi connectivity index (χ2v) is 6.88. The topological polar surface area (TPSA) is 75.7 Å². The lowest BCUT2D eigenvalue weighted by Crippen LogP contribution is -2.25. The Hall–Kier alpha value is -2.69. The van der Waals surface area contributed by atoms with Crippen LogP contribution in [0.5, 0.6) is 0 Å². The van der Waals surface area contributed by atoms with Gasteiger partial charge in [-0.15, -0.1) is 0 Å². The Labute approximate surface area is 153 Å². The largest absolute Gasteiger partial charge is 0.411 e. The van der Waals surface area contributed by atoms with E-state index in [9.17, 15) is 10.1 Å². The maximum atomic E-state index is 11.3. The van der Waals surface area contributed by atoms with Crippen LogP contribution >= 0.6 is 0 Å². The average Bonchev–Trinajstić information content (AvgIpc) is 2.90. The number of rotatable bonds is 7. The molecule has 1 aliphatic carbocycles. The number of nitrogens with zero attached hydrogens (tertiary/aromatic N) is 2. The van der Waals surface area contributed by atoms with Crippen molar-refractivity contribution in [2.75, 3.05) is 0 Å². The Morgan fingerprint density at radius 1 is 1.08 bits per heavy atom. The Kier molecular flexibility index (Phi) is 5.07. The van der Waals surface area contributed by atoms with Gasteiger partial charge in [0.15, 0.2) is 0 Å². The molecule has 0 spiro atoms. The zero-order valence-corrected chi connectivity index (χ0v) is 15.2. The number of non-ortho nitro benzene ring substituents is 1. The molecular formula is C21H23N2O3. The molecule has 0 heterocycles. The van der Waals surface area contributed by atoms with E-state index in [1.807, 2.05) is 12.1 Å². The molecule has 1 aliphatic rings. The van der Waals surface area contributed by atoms with Crippen LogP contribution in [0.3, 0.4) is 0 Å². The van der Waals surface area contributed by atoms with Gasteiger partial charge in [0, 0.05) is 24.0 Å². The van der Waals surface area contributed by atoms with Gasteiger partial charge in [-0.05, 0) is 46.7 Å². The number of hydrogen-bond acceptors (Lipinski definition) is 4. The number of nitro benzene ring substituents is 1. The van der Waals surface area contributed by atoms with Gasteiger partial charge in [-0.2, -0.15) is 0 Å². The van der Waals surface area contributed by atoms with E-state index in [-0.39, 0.29) is 16.0 Å². The minimum Gasteiger partial charge on any atom is -0.411 e. The quantitative estimate of drug-likeness (QED) is 0.316. The van der Waals surface area contributed by atoms with Crippen LogP contribution in [0, 0.1) is 10.1 Å². The fraction of sp³-hybridized carbons (Fsp3) is 0.381. The molecule has 0 aromatic heterocycles. The van der Waals surface area contributed by atoms with E-state index in [4.69, 9.17) is 5.21 Å². The minimum atomic E-state index is -0.315. The third kappa shape index (κ3) is 2.87. The summed E-state index contributed by atoms with van der Waals surface area (Å²) >= 11 is 0. The van der Waals surface area contributed by atoms with Crippen LogP contribution in [-0.4, -0.2) is 16.3 Å². The standard InChI is InChI=1S/C21H23N2O3/c1-3-10-21(11-4-2)19-13-15(9-12-22-24)5-7-17(19)18-8-6-16(23(25)26)14-20(18)21/h5-8,13-14,24H,3-4,9-11H2,1-2H3. The van der Waals surface area contributed by atoms with Crippen molar-refractivity contribution in [3.8, 4) is 11.1 Å². The Morgan fingerprint density at radius 2 is 1.69 bits per heavy atom. The summed E-state index contributed by atoms with van der Waals surface area (Å²) in [5, 5.41) is 23.0. The van der Waals surface area contributed by atoms with Gasteiger partial charge in [0.1, 0.15) is 6.21 Å². The van der Waals surface area contributed by atoms with Gasteiger partial charge in [-0.1, -0.05) is 50.0 Å². The average molecular weight is 351 g/mol. The molecule has 0 bridgehead atoms. The van der Waals surface area contributed by atoms with Crippen molar-refractivity contribution in [3.63, 3.8) is 0 Å². The third-order valence-electron chi connectivity index (χ3n) is 5.33. The molecule has 0 amide bonds. The molecule has 1 N–H and O–H groups in total. The van der Waals surface area contributed by atoms with Crippen molar-refractivity contribution in [1.82, 2.24) is 0 Å². The zero-order chi connectivity index (χ0) is 18.7. The summed E-state index contributed by atoms with van der Waals surface area (Å²) in [5.74, 6) is 0. The monoisotopic (exact) mass is 351 g/mol. The predicted octanol–water partition coefficient (Wildman–Crippen LogP) is 5.34. The molecule has 0 unspecified atom stereocenters. The van der Waals surface area contributed by atoms with E-state index in [1.54, 1.807) is 12.1 Å². The van der Waals surface area contributed by atoms with Gasteiger partial charge in [0.05, 0.1) is 4.92 Å². The van der Waals surface area contributed by atoms with Crippen molar-refractivity contribution < 1.29 is 10.1 Å². The number of benzene rings is 2. The molecule has 0 saturated carbocycles. The summed E-state index contributed by atoms with van der Waals surface area (Å²) in [5.41, 5.74) is 5.53. The molecule has 5 heteroatoms. The summed E-state index contributed by atoms with van der Waals surface area (Å²) in [7, 11) is 0. The van der Waals surface area contributed by atoms with E-state index in [0.717, 1.165) is 47.9 Å². The second kappa shape index (κ2) is 7.28. The normalized spacial score (nSPS) is 14.4. The maximum absolute atomic E-state index is 11.3. The van der Waals surface area contributed by atoms with Crippen LogP contribution in [-0.2, 0) is 11.8 Å². The first-order chi connectivity index (χ1) is 12.6. The number of fused-ring (bicyclic) bond motifs is 3. The smallest absolute Gasteiger partial charge is 0.269 e. The molecular weight excluding hydrogens is 328 g/mol. The fourth-order valence-corrected chi connectivity index (χ4v) is 4.40. The Bertz CT molecular complexity index is 852. The molecule has 2 aromatic rings.